The summed E-state index contributed by atoms with van der Waals surface area (Å²) in [6, 6.07) is 9.78. The summed E-state index contributed by atoms with van der Waals surface area (Å²) in [5, 5.41) is 0. The molecule has 0 aliphatic heterocycles. The molecule has 0 spiro atoms. The van der Waals surface area contributed by atoms with E-state index in [4.69, 9.17) is 4.74 Å². The monoisotopic (exact) mass is 240 g/mol. The Labute approximate surface area is 107 Å². The molecular weight excluding hydrogens is 224 g/mol. The van der Waals surface area contributed by atoms with E-state index in [0.29, 0.717) is 5.88 Å². The summed E-state index contributed by atoms with van der Waals surface area (Å²) in [7, 11) is 1.75. The highest BCUT2D eigenvalue weighted by atomic mass is 16.5. The number of aliphatic imine (C=N–C) groups is 1. The predicted molar refractivity (Wildman–Crippen MR) is 73.7 cm³/mol. The second kappa shape index (κ2) is 5.45. The molecule has 3 heteroatoms. The van der Waals surface area contributed by atoms with Gasteiger partial charge in [0.1, 0.15) is 5.75 Å². The molecule has 0 N–H and O–H groups in total. The molecule has 18 heavy (non-hydrogen) atoms. The van der Waals surface area contributed by atoms with E-state index in [2.05, 4.69) is 9.98 Å². The minimum Gasteiger partial charge on any atom is -0.439 e. The van der Waals surface area contributed by atoms with Gasteiger partial charge in [-0.2, -0.15) is 0 Å². The maximum absolute atomic E-state index is 5.70. The van der Waals surface area contributed by atoms with Crippen molar-refractivity contribution < 1.29 is 4.74 Å². The van der Waals surface area contributed by atoms with Crippen molar-refractivity contribution in [2.75, 3.05) is 7.05 Å². The number of hydrogen-bond donors (Lipinski definition) is 0. The van der Waals surface area contributed by atoms with E-state index in [-0.39, 0.29) is 0 Å². The summed E-state index contributed by atoms with van der Waals surface area (Å²) in [5.41, 5.74) is 3.31. The van der Waals surface area contributed by atoms with Gasteiger partial charge in [0, 0.05) is 31.1 Å². The van der Waals surface area contributed by atoms with Gasteiger partial charge in [0.15, 0.2) is 0 Å². The van der Waals surface area contributed by atoms with Crippen LogP contribution in [0.15, 0.2) is 41.5 Å². The van der Waals surface area contributed by atoms with Gasteiger partial charge >= 0.3 is 0 Å². The second-order valence-electron chi connectivity index (χ2n) is 4.18. The van der Waals surface area contributed by atoms with Gasteiger partial charge in [0.05, 0.1) is 0 Å². The summed E-state index contributed by atoms with van der Waals surface area (Å²) >= 11 is 0. The number of pyridine rings is 1. The van der Waals surface area contributed by atoms with Crippen molar-refractivity contribution >= 4 is 6.21 Å². The summed E-state index contributed by atoms with van der Waals surface area (Å²) in [6.07, 6.45) is 3.60. The molecule has 1 aromatic heterocycles. The molecule has 0 atom stereocenters. The minimum atomic E-state index is 0.583. The van der Waals surface area contributed by atoms with Crippen LogP contribution in [0.3, 0.4) is 0 Å². The molecule has 2 aromatic rings. The Hall–Kier alpha value is -2.16. The number of aryl methyl sites for hydroxylation is 2. The van der Waals surface area contributed by atoms with Gasteiger partial charge in [-0.3, -0.25) is 4.99 Å². The molecule has 0 aliphatic rings. The van der Waals surface area contributed by atoms with E-state index in [0.717, 1.165) is 16.9 Å². The van der Waals surface area contributed by atoms with E-state index in [1.165, 1.54) is 5.56 Å². The van der Waals surface area contributed by atoms with Crippen molar-refractivity contribution in [1.82, 2.24) is 4.98 Å². The Kier molecular flexibility index (Phi) is 3.72. The molecule has 0 bridgehead atoms. The molecule has 0 fully saturated rings. The number of hydrogen-bond acceptors (Lipinski definition) is 3. The van der Waals surface area contributed by atoms with Crippen LogP contribution in [0, 0.1) is 13.8 Å². The van der Waals surface area contributed by atoms with Crippen LogP contribution >= 0.6 is 0 Å². The molecule has 3 nitrogen and oxygen atoms in total. The molecule has 2 rings (SSSR count). The Morgan fingerprint density at radius 2 is 1.89 bits per heavy atom. The lowest BCUT2D eigenvalue weighted by molar-refractivity contribution is 0.462. The van der Waals surface area contributed by atoms with Gasteiger partial charge in [-0.1, -0.05) is 17.7 Å². The van der Waals surface area contributed by atoms with Crippen molar-refractivity contribution in [2.45, 2.75) is 13.8 Å². The first kappa shape index (κ1) is 12.3. The molecular formula is C15H16N2O. The second-order valence-corrected chi connectivity index (χ2v) is 4.18. The highest BCUT2D eigenvalue weighted by molar-refractivity contribution is 5.81. The molecule has 0 aliphatic carbocycles. The highest BCUT2D eigenvalue weighted by Gasteiger charge is 2.02. The Morgan fingerprint density at radius 3 is 2.56 bits per heavy atom. The third-order valence-corrected chi connectivity index (χ3v) is 2.63. The van der Waals surface area contributed by atoms with Gasteiger partial charge in [0.2, 0.25) is 5.88 Å². The van der Waals surface area contributed by atoms with Crippen LogP contribution in [0.25, 0.3) is 0 Å². The van der Waals surface area contributed by atoms with Crippen LogP contribution in [0.2, 0.25) is 0 Å². The van der Waals surface area contributed by atoms with Crippen LogP contribution in [0.4, 0.5) is 0 Å². The summed E-state index contributed by atoms with van der Waals surface area (Å²) in [5.74, 6) is 1.37. The molecule has 0 saturated carbocycles. The lowest BCUT2D eigenvalue weighted by atomic mass is 10.2. The Balaban J connectivity index is 2.24. The number of rotatable bonds is 3. The van der Waals surface area contributed by atoms with Crippen molar-refractivity contribution in [1.29, 1.82) is 0 Å². The first-order valence-electron chi connectivity index (χ1n) is 5.82. The summed E-state index contributed by atoms with van der Waals surface area (Å²) in [4.78, 5) is 8.27. The largest absolute Gasteiger partial charge is 0.439 e. The first-order valence-corrected chi connectivity index (χ1v) is 5.82. The van der Waals surface area contributed by atoms with E-state index < -0.39 is 0 Å². The highest BCUT2D eigenvalue weighted by Crippen LogP contribution is 2.21. The minimum absolute atomic E-state index is 0.583. The quantitative estimate of drug-likeness (QED) is 0.769. The predicted octanol–water partition coefficient (Wildman–Crippen LogP) is 3.54. The molecule has 0 saturated heterocycles. The maximum atomic E-state index is 5.70. The zero-order chi connectivity index (χ0) is 13.0. The van der Waals surface area contributed by atoms with Gasteiger partial charge in [-0.25, -0.2) is 4.98 Å². The fourth-order valence-electron chi connectivity index (χ4n) is 1.58. The maximum Gasteiger partial charge on any atom is 0.219 e. The topological polar surface area (TPSA) is 34.5 Å². The van der Waals surface area contributed by atoms with E-state index in [1.807, 2.05) is 44.2 Å². The van der Waals surface area contributed by atoms with Gasteiger partial charge in [-0.05, 0) is 31.5 Å². The molecule has 1 heterocycles. The molecule has 92 valence electrons. The number of nitrogens with zero attached hydrogens (tertiary/aromatic N) is 2. The lowest BCUT2D eigenvalue weighted by Gasteiger charge is -2.07. The average molecular weight is 240 g/mol. The Morgan fingerprint density at radius 1 is 1.17 bits per heavy atom. The number of aromatic nitrogens is 1. The smallest absolute Gasteiger partial charge is 0.219 e. The fourth-order valence-corrected chi connectivity index (χ4v) is 1.58. The van der Waals surface area contributed by atoms with Crippen LogP contribution in [0.1, 0.15) is 16.7 Å². The molecule has 0 radical (unpaired) electrons. The SMILES string of the molecule is CN=Cc1cc(Oc2ccc(C)cc2)ncc1C. The van der Waals surface area contributed by atoms with E-state index in [1.54, 1.807) is 19.5 Å². The van der Waals surface area contributed by atoms with Gasteiger partial charge in [-0.15, -0.1) is 0 Å². The third kappa shape index (κ3) is 2.94. The van der Waals surface area contributed by atoms with Gasteiger partial charge < -0.3 is 4.74 Å². The number of benzene rings is 1. The number of ether oxygens (including phenoxy) is 1. The third-order valence-electron chi connectivity index (χ3n) is 2.63. The summed E-state index contributed by atoms with van der Waals surface area (Å²) in [6.45, 7) is 4.05. The van der Waals surface area contributed by atoms with Crippen molar-refractivity contribution in [2.24, 2.45) is 4.99 Å². The fraction of sp³-hybridized carbons (Fsp3) is 0.200. The Bertz CT molecular complexity index is 559. The van der Waals surface area contributed by atoms with Crippen molar-refractivity contribution in [3.63, 3.8) is 0 Å². The van der Waals surface area contributed by atoms with Crippen molar-refractivity contribution in [3.8, 4) is 11.6 Å². The molecule has 0 unspecified atom stereocenters. The molecule has 0 amide bonds. The zero-order valence-corrected chi connectivity index (χ0v) is 10.8. The first-order chi connectivity index (χ1) is 8.69. The molecule has 1 aromatic carbocycles. The normalized spacial score (nSPS) is 10.8. The zero-order valence-electron chi connectivity index (χ0n) is 10.8. The standard InChI is InChI=1S/C15H16N2O/c1-11-4-6-14(7-5-11)18-15-8-13(10-16-3)12(2)9-17-15/h4-10H,1-3H3. The van der Waals surface area contributed by atoms with Gasteiger partial charge in [0.25, 0.3) is 0 Å². The van der Waals surface area contributed by atoms with Crippen LogP contribution in [0.5, 0.6) is 11.6 Å². The lowest BCUT2D eigenvalue weighted by Crippen LogP contribution is -1.93. The van der Waals surface area contributed by atoms with Crippen LogP contribution in [-0.4, -0.2) is 18.2 Å². The van der Waals surface area contributed by atoms with E-state index in [9.17, 15) is 0 Å². The summed E-state index contributed by atoms with van der Waals surface area (Å²) < 4.78 is 5.70. The van der Waals surface area contributed by atoms with Crippen molar-refractivity contribution in [3.05, 3.63) is 53.2 Å². The van der Waals surface area contributed by atoms with E-state index >= 15 is 0 Å². The van der Waals surface area contributed by atoms with Crippen LogP contribution in [-0.2, 0) is 0 Å². The van der Waals surface area contributed by atoms with Crippen LogP contribution < -0.4 is 4.74 Å². The average Bonchev–Trinajstić information content (AvgIpc) is 2.37.